The number of carbonyl (C=O) groups excluding carboxylic acids is 1. The van der Waals surface area contributed by atoms with Crippen molar-refractivity contribution in [2.24, 2.45) is 0 Å². The molecule has 0 radical (unpaired) electrons. The molecule has 0 heterocycles. The van der Waals surface area contributed by atoms with E-state index in [-0.39, 0.29) is 5.69 Å². The fraction of sp³-hybridized carbons (Fsp3) is 0.250. The van der Waals surface area contributed by atoms with E-state index in [1.54, 1.807) is 0 Å². The van der Waals surface area contributed by atoms with Crippen LogP contribution in [0.25, 0.3) is 0 Å². The molecular weight excluding hydrogens is 343 g/mol. The molecule has 2 aromatic carbocycles. The zero-order valence-corrected chi connectivity index (χ0v) is 14.4. The molecule has 1 amide bonds. The normalized spacial score (nSPS) is 12.3. The third-order valence-corrected chi connectivity index (χ3v) is 3.99. The van der Waals surface area contributed by atoms with E-state index in [1.165, 1.54) is 37.5 Å². The van der Waals surface area contributed by atoms with E-state index in [9.17, 15) is 18.0 Å². The fourth-order valence-corrected chi connectivity index (χ4v) is 2.65. The third-order valence-electron chi connectivity index (χ3n) is 3.99. The van der Waals surface area contributed by atoms with E-state index in [0.29, 0.717) is 18.6 Å². The Morgan fingerprint density at radius 1 is 1.15 bits per heavy atom. The van der Waals surface area contributed by atoms with Crippen LogP contribution < -0.4 is 9.64 Å². The van der Waals surface area contributed by atoms with Crippen molar-refractivity contribution in [1.82, 2.24) is 0 Å². The lowest BCUT2D eigenvalue weighted by atomic mass is 10.0. The van der Waals surface area contributed by atoms with Crippen molar-refractivity contribution in [3.05, 3.63) is 72.8 Å². The summed E-state index contributed by atoms with van der Waals surface area (Å²) < 4.78 is 44.4. The van der Waals surface area contributed by atoms with E-state index >= 15 is 0 Å². The van der Waals surface area contributed by atoms with Crippen LogP contribution in [-0.4, -0.2) is 25.2 Å². The van der Waals surface area contributed by atoms with Crippen LogP contribution in [0.2, 0.25) is 0 Å². The van der Waals surface area contributed by atoms with E-state index in [0.717, 1.165) is 10.5 Å². The van der Waals surface area contributed by atoms with E-state index in [2.05, 4.69) is 6.58 Å². The first-order chi connectivity index (χ1) is 12.4. The van der Waals surface area contributed by atoms with Crippen molar-refractivity contribution in [1.29, 1.82) is 0 Å². The Morgan fingerprint density at radius 2 is 1.77 bits per heavy atom. The number of amides is 1. The standard InChI is InChI=1S/C20H20F3NO2/c1-3-16(10-9-15-7-5-4-6-8-15)24(19(25)20(21,22)23)17-11-13-18(26-2)14-12-17/h3-8,11-14,16H,1,9-10H2,2H3/t16-/m0/s1. The molecule has 0 bridgehead atoms. The molecule has 6 heteroatoms. The molecule has 0 spiro atoms. The van der Waals surface area contributed by atoms with Crippen molar-refractivity contribution >= 4 is 11.6 Å². The second-order valence-electron chi connectivity index (χ2n) is 5.70. The molecule has 138 valence electrons. The van der Waals surface area contributed by atoms with Crippen LogP contribution in [0.1, 0.15) is 12.0 Å². The molecule has 0 saturated carbocycles. The maximum Gasteiger partial charge on any atom is 0.471 e. The fourth-order valence-electron chi connectivity index (χ4n) is 2.65. The third kappa shape index (κ3) is 4.88. The van der Waals surface area contributed by atoms with Gasteiger partial charge in [-0.2, -0.15) is 13.2 Å². The number of carbonyl (C=O) groups is 1. The first-order valence-corrected chi connectivity index (χ1v) is 8.07. The van der Waals surface area contributed by atoms with Gasteiger partial charge < -0.3 is 4.74 Å². The molecule has 0 aromatic heterocycles. The lowest BCUT2D eigenvalue weighted by Crippen LogP contribution is -2.47. The Kier molecular flexibility index (Phi) is 6.44. The van der Waals surface area contributed by atoms with E-state index < -0.39 is 18.1 Å². The highest BCUT2D eigenvalue weighted by Gasteiger charge is 2.44. The van der Waals surface area contributed by atoms with Gasteiger partial charge in [0, 0.05) is 5.69 Å². The predicted octanol–water partition coefficient (Wildman–Crippen LogP) is 4.78. The van der Waals surface area contributed by atoms with Crippen LogP contribution in [0.3, 0.4) is 0 Å². The molecule has 0 aliphatic heterocycles. The van der Waals surface area contributed by atoms with Gasteiger partial charge in [0.1, 0.15) is 5.75 Å². The van der Waals surface area contributed by atoms with Gasteiger partial charge in [0.25, 0.3) is 0 Å². The SMILES string of the molecule is C=C[C@@H](CCc1ccccc1)N(C(=O)C(F)(F)F)c1ccc(OC)cc1. The Balaban J connectivity index is 2.30. The maximum absolute atomic E-state index is 13.1. The zero-order chi connectivity index (χ0) is 19.2. The van der Waals surface area contributed by atoms with Crippen LogP contribution in [0.15, 0.2) is 67.3 Å². The van der Waals surface area contributed by atoms with Crippen LogP contribution >= 0.6 is 0 Å². The van der Waals surface area contributed by atoms with E-state index in [4.69, 9.17) is 4.74 Å². The van der Waals surface area contributed by atoms with Gasteiger partial charge in [-0.25, -0.2) is 0 Å². The molecule has 3 nitrogen and oxygen atoms in total. The summed E-state index contributed by atoms with van der Waals surface area (Å²) in [5.41, 5.74) is 1.12. The Bertz CT molecular complexity index is 727. The zero-order valence-electron chi connectivity index (χ0n) is 14.4. The molecule has 0 fully saturated rings. The van der Waals surface area contributed by atoms with Crippen molar-refractivity contribution < 1.29 is 22.7 Å². The minimum absolute atomic E-state index is 0.145. The molecule has 2 aromatic rings. The second-order valence-corrected chi connectivity index (χ2v) is 5.70. The van der Waals surface area contributed by atoms with Gasteiger partial charge in [-0.1, -0.05) is 36.4 Å². The largest absolute Gasteiger partial charge is 0.497 e. The van der Waals surface area contributed by atoms with Gasteiger partial charge in [-0.15, -0.1) is 6.58 Å². The predicted molar refractivity (Wildman–Crippen MR) is 95.3 cm³/mol. The second kappa shape index (κ2) is 8.56. The minimum Gasteiger partial charge on any atom is -0.497 e. The number of ether oxygens (including phenoxy) is 1. The Morgan fingerprint density at radius 3 is 2.27 bits per heavy atom. The summed E-state index contributed by atoms with van der Waals surface area (Å²) in [5, 5.41) is 0. The number of hydrogen-bond acceptors (Lipinski definition) is 2. The van der Waals surface area contributed by atoms with Gasteiger partial charge in [0.15, 0.2) is 0 Å². The first kappa shape index (κ1) is 19.6. The van der Waals surface area contributed by atoms with Gasteiger partial charge in [0.2, 0.25) is 0 Å². The molecule has 26 heavy (non-hydrogen) atoms. The lowest BCUT2D eigenvalue weighted by Gasteiger charge is -2.30. The summed E-state index contributed by atoms with van der Waals surface area (Å²) in [6, 6.07) is 14.5. The molecular formula is C20H20F3NO2. The molecule has 1 atom stereocenters. The number of rotatable bonds is 7. The number of alkyl halides is 3. The number of hydrogen-bond donors (Lipinski definition) is 0. The van der Waals surface area contributed by atoms with Crippen molar-refractivity contribution in [3.8, 4) is 5.75 Å². The van der Waals surface area contributed by atoms with Gasteiger partial charge in [-0.3, -0.25) is 9.69 Å². The van der Waals surface area contributed by atoms with Crippen molar-refractivity contribution in [3.63, 3.8) is 0 Å². The molecule has 0 aliphatic carbocycles. The van der Waals surface area contributed by atoms with Crippen LogP contribution in [0.4, 0.5) is 18.9 Å². The quantitative estimate of drug-likeness (QED) is 0.663. The van der Waals surface area contributed by atoms with E-state index in [1.807, 2.05) is 30.3 Å². The summed E-state index contributed by atoms with van der Waals surface area (Å²) in [7, 11) is 1.46. The Labute approximate surface area is 150 Å². The highest BCUT2D eigenvalue weighted by molar-refractivity contribution is 5.98. The molecule has 0 aliphatic rings. The molecule has 0 N–H and O–H groups in total. The van der Waals surface area contributed by atoms with Crippen molar-refractivity contribution in [2.45, 2.75) is 25.1 Å². The summed E-state index contributed by atoms with van der Waals surface area (Å²) in [6.45, 7) is 3.63. The lowest BCUT2D eigenvalue weighted by molar-refractivity contribution is -0.170. The van der Waals surface area contributed by atoms with Gasteiger partial charge in [-0.05, 0) is 42.7 Å². The number of methoxy groups -OCH3 is 1. The number of halogens is 3. The summed E-state index contributed by atoms with van der Waals surface area (Å²) >= 11 is 0. The highest BCUT2D eigenvalue weighted by atomic mass is 19.4. The number of anilines is 1. The molecule has 0 saturated heterocycles. The molecule has 0 unspecified atom stereocenters. The number of nitrogens with zero attached hydrogens (tertiary/aromatic N) is 1. The average molecular weight is 363 g/mol. The monoisotopic (exact) mass is 363 g/mol. The Hall–Kier alpha value is -2.76. The van der Waals surface area contributed by atoms with Crippen LogP contribution in [-0.2, 0) is 11.2 Å². The topological polar surface area (TPSA) is 29.5 Å². The van der Waals surface area contributed by atoms with Crippen molar-refractivity contribution in [2.75, 3.05) is 12.0 Å². The number of benzene rings is 2. The average Bonchev–Trinajstić information content (AvgIpc) is 2.65. The minimum atomic E-state index is -4.98. The highest BCUT2D eigenvalue weighted by Crippen LogP contribution is 2.29. The van der Waals surface area contributed by atoms with Crippen LogP contribution in [0, 0.1) is 0 Å². The maximum atomic E-state index is 13.1. The smallest absolute Gasteiger partial charge is 0.471 e. The summed E-state index contributed by atoms with van der Waals surface area (Å²) in [5.74, 6) is -1.42. The van der Waals surface area contributed by atoms with Gasteiger partial charge >= 0.3 is 12.1 Å². The summed E-state index contributed by atoms with van der Waals surface area (Å²) in [6.07, 6.45) is -2.76. The molecule has 2 rings (SSSR count). The summed E-state index contributed by atoms with van der Waals surface area (Å²) in [4.78, 5) is 12.8. The van der Waals surface area contributed by atoms with Gasteiger partial charge in [0.05, 0.1) is 13.2 Å². The first-order valence-electron chi connectivity index (χ1n) is 8.07. The van der Waals surface area contributed by atoms with Crippen LogP contribution in [0.5, 0.6) is 5.75 Å². The number of aryl methyl sites for hydroxylation is 1.